The Morgan fingerprint density at radius 2 is 2.06 bits per heavy atom. The number of rotatable bonds is 6. The van der Waals surface area contributed by atoms with Gasteiger partial charge in [-0.3, -0.25) is 0 Å². The highest BCUT2D eigenvalue weighted by Gasteiger charge is 2.20. The first-order valence-electron chi connectivity index (χ1n) is 5.09. The standard InChI is InChI=1S/C11H18N2O3/c1-11(7-14,8-15)13-6-9-3-4-10(16-2)12-5-9/h3-5,13-15H,6-8H2,1-2H3. The maximum atomic E-state index is 9.09. The molecular formula is C11H18N2O3. The number of pyridine rings is 1. The predicted molar refractivity (Wildman–Crippen MR) is 60.2 cm³/mol. The SMILES string of the molecule is COc1ccc(CNC(C)(CO)CO)cn1. The van der Waals surface area contributed by atoms with Crippen molar-refractivity contribution >= 4 is 0 Å². The quantitative estimate of drug-likeness (QED) is 0.633. The van der Waals surface area contributed by atoms with Crippen LogP contribution in [0.15, 0.2) is 18.3 Å². The molecule has 0 spiro atoms. The fourth-order valence-electron chi connectivity index (χ4n) is 1.11. The Morgan fingerprint density at radius 1 is 1.38 bits per heavy atom. The molecule has 0 fully saturated rings. The smallest absolute Gasteiger partial charge is 0.212 e. The Bertz CT molecular complexity index is 310. The molecule has 3 N–H and O–H groups in total. The van der Waals surface area contributed by atoms with Crippen LogP contribution < -0.4 is 10.1 Å². The van der Waals surface area contributed by atoms with Gasteiger partial charge in [0.1, 0.15) is 0 Å². The lowest BCUT2D eigenvalue weighted by molar-refractivity contribution is 0.103. The summed E-state index contributed by atoms with van der Waals surface area (Å²) in [6.45, 7) is 2.05. The van der Waals surface area contributed by atoms with Crippen LogP contribution in [0.5, 0.6) is 5.88 Å². The van der Waals surface area contributed by atoms with Crippen molar-refractivity contribution in [1.29, 1.82) is 0 Å². The van der Waals surface area contributed by atoms with Gasteiger partial charge in [0.25, 0.3) is 0 Å². The van der Waals surface area contributed by atoms with E-state index in [9.17, 15) is 0 Å². The first kappa shape index (κ1) is 12.9. The lowest BCUT2D eigenvalue weighted by Crippen LogP contribution is -2.48. The summed E-state index contributed by atoms with van der Waals surface area (Å²) in [4.78, 5) is 4.06. The number of aliphatic hydroxyl groups excluding tert-OH is 2. The third-order valence-electron chi connectivity index (χ3n) is 2.42. The number of hydrogen-bond acceptors (Lipinski definition) is 5. The Morgan fingerprint density at radius 3 is 2.50 bits per heavy atom. The zero-order valence-corrected chi connectivity index (χ0v) is 9.60. The number of ether oxygens (including phenoxy) is 1. The third kappa shape index (κ3) is 3.44. The molecule has 16 heavy (non-hydrogen) atoms. The van der Waals surface area contributed by atoms with Crippen LogP contribution in [0.3, 0.4) is 0 Å². The van der Waals surface area contributed by atoms with Gasteiger partial charge >= 0.3 is 0 Å². The van der Waals surface area contributed by atoms with E-state index in [0.29, 0.717) is 12.4 Å². The van der Waals surface area contributed by atoms with E-state index in [1.54, 1.807) is 26.3 Å². The van der Waals surface area contributed by atoms with E-state index in [2.05, 4.69) is 10.3 Å². The first-order chi connectivity index (χ1) is 7.63. The van der Waals surface area contributed by atoms with Gasteiger partial charge in [-0.05, 0) is 12.5 Å². The Hall–Kier alpha value is -1.17. The second-order valence-electron chi connectivity index (χ2n) is 3.94. The zero-order valence-electron chi connectivity index (χ0n) is 9.60. The number of nitrogens with zero attached hydrogens (tertiary/aromatic N) is 1. The number of aliphatic hydroxyl groups is 2. The number of aromatic nitrogens is 1. The summed E-state index contributed by atoms with van der Waals surface area (Å²) in [7, 11) is 1.56. The van der Waals surface area contributed by atoms with Gasteiger partial charge < -0.3 is 20.3 Å². The fourth-order valence-corrected chi connectivity index (χ4v) is 1.11. The highest BCUT2D eigenvalue weighted by Crippen LogP contribution is 2.08. The van der Waals surface area contributed by atoms with Crippen molar-refractivity contribution in [3.8, 4) is 5.88 Å². The zero-order chi connectivity index (χ0) is 12.0. The van der Waals surface area contributed by atoms with Crippen molar-refractivity contribution in [3.63, 3.8) is 0 Å². The minimum Gasteiger partial charge on any atom is -0.481 e. The Kier molecular flexibility index (Phi) is 4.67. The molecule has 0 radical (unpaired) electrons. The summed E-state index contributed by atoms with van der Waals surface area (Å²) >= 11 is 0. The summed E-state index contributed by atoms with van der Waals surface area (Å²) in [6, 6.07) is 3.65. The van der Waals surface area contributed by atoms with Gasteiger partial charge in [-0.15, -0.1) is 0 Å². The number of hydrogen-bond donors (Lipinski definition) is 3. The molecular weight excluding hydrogens is 208 g/mol. The molecule has 0 aliphatic rings. The molecule has 90 valence electrons. The van der Waals surface area contributed by atoms with E-state index in [4.69, 9.17) is 14.9 Å². The molecule has 0 saturated carbocycles. The normalized spacial score (nSPS) is 11.5. The lowest BCUT2D eigenvalue weighted by atomic mass is 10.1. The van der Waals surface area contributed by atoms with Crippen molar-refractivity contribution in [1.82, 2.24) is 10.3 Å². The molecule has 0 bridgehead atoms. The van der Waals surface area contributed by atoms with E-state index in [0.717, 1.165) is 5.56 Å². The molecule has 0 unspecified atom stereocenters. The van der Waals surface area contributed by atoms with Crippen molar-refractivity contribution < 1.29 is 14.9 Å². The number of nitrogens with one attached hydrogen (secondary N) is 1. The second kappa shape index (κ2) is 5.79. The van der Waals surface area contributed by atoms with Gasteiger partial charge in [-0.1, -0.05) is 6.07 Å². The molecule has 5 nitrogen and oxygen atoms in total. The fraction of sp³-hybridized carbons (Fsp3) is 0.545. The van der Waals surface area contributed by atoms with E-state index in [-0.39, 0.29) is 13.2 Å². The van der Waals surface area contributed by atoms with Gasteiger partial charge in [0.05, 0.1) is 25.9 Å². The molecule has 0 aliphatic carbocycles. The maximum absolute atomic E-state index is 9.09. The molecule has 1 rings (SSSR count). The van der Waals surface area contributed by atoms with Crippen LogP contribution >= 0.6 is 0 Å². The maximum Gasteiger partial charge on any atom is 0.212 e. The van der Waals surface area contributed by atoms with E-state index in [1.165, 1.54) is 0 Å². The monoisotopic (exact) mass is 226 g/mol. The average Bonchev–Trinajstić information content (AvgIpc) is 2.36. The number of methoxy groups -OCH3 is 1. The van der Waals surface area contributed by atoms with Crippen LogP contribution in [0.4, 0.5) is 0 Å². The second-order valence-corrected chi connectivity index (χ2v) is 3.94. The molecule has 0 atom stereocenters. The van der Waals surface area contributed by atoms with E-state index < -0.39 is 5.54 Å². The largest absolute Gasteiger partial charge is 0.481 e. The summed E-state index contributed by atoms with van der Waals surface area (Å²) in [5.41, 5.74) is 0.300. The van der Waals surface area contributed by atoms with Crippen LogP contribution in [-0.4, -0.2) is 41.1 Å². The van der Waals surface area contributed by atoms with E-state index in [1.807, 2.05) is 6.07 Å². The Labute approximate surface area is 95.1 Å². The average molecular weight is 226 g/mol. The van der Waals surface area contributed by atoms with Crippen molar-refractivity contribution in [2.24, 2.45) is 0 Å². The minimum atomic E-state index is -0.667. The van der Waals surface area contributed by atoms with Crippen LogP contribution in [0.2, 0.25) is 0 Å². The molecule has 0 aliphatic heterocycles. The summed E-state index contributed by atoms with van der Waals surface area (Å²) in [5, 5.41) is 21.2. The van der Waals surface area contributed by atoms with E-state index >= 15 is 0 Å². The van der Waals surface area contributed by atoms with Crippen molar-refractivity contribution in [2.75, 3.05) is 20.3 Å². The summed E-state index contributed by atoms with van der Waals surface area (Å²) in [6.07, 6.45) is 1.70. The highest BCUT2D eigenvalue weighted by atomic mass is 16.5. The predicted octanol–water partition coefficient (Wildman–Crippen LogP) is -0.0769. The summed E-state index contributed by atoms with van der Waals surface area (Å²) in [5.74, 6) is 0.566. The molecule has 0 aromatic carbocycles. The molecule has 0 saturated heterocycles. The van der Waals surface area contributed by atoms with Crippen LogP contribution in [0.1, 0.15) is 12.5 Å². The van der Waals surface area contributed by atoms with Crippen molar-refractivity contribution in [3.05, 3.63) is 23.9 Å². The highest BCUT2D eigenvalue weighted by molar-refractivity contribution is 5.17. The lowest BCUT2D eigenvalue weighted by Gasteiger charge is -2.26. The first-order valence-corrected chi connectivity index (χ1v) is 5.09. The molecule has 1 aromatic rings. The van der Waals surface area contributed by atoms with Gasteiger partial charge in [-0.2, -0.15) is 0 Å². The van der Waals surface area contributed by atoms with Gasteiger partial charge in [0, 0.05) is 18.8 Å². The van der Waals surface area contributed by atoms with Crippen LogP contribution in [0, 0.1) is 0 Å². The summed E-state index contributed by atoms with van der Waals surface area (Å²) < 4.78 is 4.95. The van der Waals surface area contributed by atoms with Gasteiger partial charge in [0.15, 0.2) is 0 Å². The molecule has 0 amide bonds. The Balaban J connectivity index is 2.54. The van der Waals surface area contributed by atoms with Crippen LogP contribution in [0.25, 0.3) is 0 Å². The van der Waals surface area contributed by atoms with Gasteiger partial charge in [0.2, 0.25) is 5.88 Å². The molecule has 5 heteroatoms. The third-order valence-corrected chi connectivity index (χ3v) is 2.42. The topological polar surface area (TPSA) is 74.6 Å². The molecule has 1 heterocycles. The minimum absolute atomic E-state index is 0.118. The van der Waals surface area contributed by atoms with Gasteiger partial charge in [-0.25, -0.2) is 4.98 Å². The molecule has 1 aromatic heterocycles. The van der Waals surface area contributed by atoms with Crippen molar-refractivity contribution in [2.45, 2.75) is 19.0 Å². The van der Waals surface area contributed by atoms with Crippen LogP contribution in [-0.2, 0) is 6.54 Å².